The quantitative estimate of drug-likeness (QED) is 0.839. The van der Waals surface area contributed by atoms with E-state index in [0.717, 1.165) is 17.9 Å². The average Bonchev–Trinajstić information content (AvgIpc) is 3.22. The van der Waals surface area contributed by atoms with E-state index in [9.17, 15) is 22.8 Å². The number of alkyl halides is 1. The molecule has 6 nitrogen and oxygen atoms in total. The summed E-state index contributed by atoms with van der Waals surface area (Å²) in [6, 6.07) is -0.797. The molecule has 1 aliphatic rings. The third kappa shape index (κ3) is 2.03. The van der Waals surface area contributed by atoms with Crippen molar-refractivity contribution in [3.63, 3.8) is 0 Å². The number of pyridine rings is 1. The lowest BCUT2D eigenvalue weighted by Gasteiger charge is -2.17. The highest BCUT2D eigenvalue weighted by Crippen LogP contribution is 2.44. The molecular weight excluding hydrogens is 317 g/mol. The number of fused-ring (bicyclic) bond motifs is 1. The number of aromatic nitrogens is 1. The molecule has 0 radical (unpaired) electrons. The molecule has 0 amide bonds. The summed E-state index contributed by atoms with van der Waals surface area (Å²) < 4.78 is 47.3. The monoisotopic (exact) mass is 328 g/mol. The number of hydrogen-bond acceptors (Lipinski definition) is 4. The fourth-order valence-electron chi connectivity index (χ4n) is 2.59. The SMILES string of the molecule is COc1c(F)c(F)c(N)c2c(=O)c(C(=O)O)cn(C3CC3F)c12. The van der Waals surface area contributed by atoms with Crippen LogP contribution in [0.5, 0.6) is 5.75 Å². The van der Waals surface area contributed by atoms with Crippen LogP contribution in [0.2, 0.25) is 0 Å². The van der Waals surface area contributed by atoms with Gasteiger partial charge in [0.05, 0.1) is 24.2 Å². The zero-order valence-electron chi connectivity index (χ0n) is 11.8. The van der Waals surface area contributed by atoms with Crippen molar-refractivity contribution in [3.05, 3.63) is 33.6 Å². The molecule has 0 saturated heterocycles. The molecule has 2 unspecified atom stereocenters. The van der Waals surface area contributed by atoms with Crippen molar-refractivity contribution < 1.29 is 27.8 Å². The topological polar surface area (TPSA) is 94.6 Å². The molecule has 1 saturated carbocycles. The smallest absolute Gasteiger partial charge is 0.341 e. The number of hydrogen-bond donors (Lipinski definition) is 2. The minimum absolute atomic E-state index is 0.0546. The van der Waals surface area contributed by atoms with E-state index < -0.39 is 57.6 Å². The fraction of sp³-hybridized carbons (Fsp3) is 0.286. The van der Waals surface area contributed by atoms with E-state index in [1.54, 1.807) is 0 Å². The van der Waals surface area contributed by atoms with Crippen LogP contribution < -0.4 is 15.9 Å². The molecule has 0 aliphatic heterocycles. The lowest BCUT2D eigenvalue weighted by molar-refractivity contribution is 0.0694. The molecule has 3 rings (SSSR count). The van der Waals surface area contributed by atoms with Crippen LogP contribution in [0.3, 0.4) is 0 Å². The molecule has 1 aliphatic carbocycles. The first-order valence-electron chi connectivity index (χ1n) is 6.56. The van der Waals surface area contributed by atoms with Crippen molar-refractivity contribution in [2.75, 3.05) is 12.8 Å². The van der Waals surface area contributed by atoms with Crippen LogP contribution in [0.4, 0.5) is 18.9 Å². The first-order chi connectivity index (χ1) is 10.8. The number of benzene rings is 1. The number of carboxylic acids is 1. The van der Waals surface area contributed by atoms with Gasteiger partial charge in [0.25, 0.3) is 0 Å². The van der Waals surface area contributed by atoms with Crippen LogP contribution in [-0.2, 0) is 0 Å². The van der Waals surface area contributed by atoms with Crippen LogP contribution in [0.25, 0.3) is 10.9 Å². The number of nitrogen functional groups attached to an aromatic ring is 1. The van der Waals surface area contributed by atoms with Gasteiger partial charge in [-0.05, 0) is 0 Å². The average molecular weight is 328 g/mol. The summed E-state index contributed by atoms with van der Waals surface area (Å²) >= 11 is 0. The molecule has 2 aromatic rings. The molecule has 1 heterocycles. The van der Waals surface area contributed by atoms with Crippen LogP contribution >= 0.6 is 0 Å². The molecular formula is C14H11F3N2O4. The maximum Gasteiger partial charge on any atom is 0.341 e. The van der Waals surface area contributed by atoms with Gasteiger partial charge in [-0.15, -0.1) is 0 Å². The lowest BCUT2D eigenvalue weighted by Crippen LogP contribution is -2.21. The predicted octanol–water partition coefficient (Wildman–Crippen LogP) is 1.85. The number of carbonyl (C=O) groups is 1. The number of halogens is 3. The minimum atomic E-state index is -1.58. The number of aromatic carboxylic acids is 1. The molecule has 23 heavy (non-hydrogen) atoms. The highest BCUT2D eigenvalue weighted by Gasteiger charge is 2.41. The van der Waals surface area contributed by atoms with Crippen molar-refractivity contribution in [1.29, 1.82) is 0 Å². The molecule has 122 valence electrons. The first-order valence-corrected chi connectivity index (χ1v) is 6.56. The van der Waals surface area contributed by atoms with E-state index in [1.807, 2.05) is 0 Å². The van der Waals surface area contributed by atoms with Gasteiger partial charge in [-0.3, -0.25) is 4.79 Å². The Balaban J connectivity index is 2.57. The number of nitrogens with two attached hydrogens (primary N) is 1. The fourth-order valence-corrected chi connectivity index (χ4v) is 2.59. The number of anilines is 1. The van der Waals surface area contributed by atoms with Crippen molar-refractivity contribution in [2.45, 2.75) is 18.6 Å². The van der Waals surface area contributed by atoms with E-state index in [4.69, 9.17) is 15.6 Å². The van der Waals surface area contributed by atoms with Crippen LogP contribution in [-0.4, -0.2) is 28.9 Å². The zero-order valence-corrected chi connectivity index (χ0v) is 11.8. The molecule has 9 heteroatoms. The highest BCUT2D eigenvalue weighted by atomic mass is 19.2. The second kappa shape index (κ2) is 4.90. The van der Waals surface area contributed by atoms with E-state index in [0.29, 0.717) is 0 Å². The standard InChI is InChI=1S/C14H11F3N2O4/c1-23-13-9(17)8(16)10(18)7-11(13)19(6-2-5(6)15)3-4(12(7)20)14(21)22/h3,5-6H,2,18H2,1H3,(H,21,22). The van der Waals surface area contributed by atoms with Crippen molar-refractivity contribution in [3.8, 4) is 5.75 Å². The number of ether oxygens (including phenoxy) is 1. The highest BCUT2D eigenvalue weighted by molar-refractivity contribution is 6.00. The Bertz CT molecular complexity index is 910. The zero-order chi connectivity index (χ0) is 17.0. The summed E-state index contributed by atoms with van der Waals surface area (Å²) in [6.45, 7) is 0. The third-order valence-corrected chi connectivity index (χ3v) is 3.82. The Labute approximate surface area is 126 Å². The summed E-state index contributed by atoms with van der Waals surface area (Å²) in [6.07, 6.45) is -0.336. The first kappa shape index (κ1) is 15.2. The van der Waals surface area contributed by atoms with Gasteiger partial charge in [0.1, 0.15) is 17.3 Å². The van der Waals surface area contributed by atoms with Crippen molar-refractivity contribution >= 4 is 22.6 Å². The maximum atomic E-state index is 14.0. The van der Waals surface area contributed by atoms with Crippen molar-refractivity contribution in [2.24, 2.45) is 0 Å². The van der Waals surface area contributed by atoms with Gasteiger partial charge in [-0.25, -0.2) is 13.6 Å². The van der Waals surface area contributed by atoms with E-state index >= 15 is 0 Å². The van der Waals surface area contributed by atoms with E-state index in [1.165, 1.54) is 0 Å². The summed E-state index contributed by atoms with van der Waals surface area (Å²) in [7, 11) is 1.05. The van der Waals surface area contributed by atoms with Gasteiger partial charge in [0.2, 0.25) is 11.2 Å². The second-order valence-corrected chi connectivity index (χ2v) is 5.20. The van der Waals surface area contributed by atoms with Gasteiger partial charge in [0, 0.05) is 12.6 Å². The van der Waals surface area contributed by atoms with Crippen LogP contribution in [0.1, 0.15) is 22.8 Å². The maximum absolute atomic E-state index is 14.0. The van der Waals surface area contributed by atoms with Crippen molar-refractivity contribution in [1.82, 2.24) is 4.57 Å². The summed E-state index contributed by atoms with van der Waals surface area (Å²) in [5, 5.41) is 8.57. The number of carboxylic acid groups (broad SMARTS) is 1. The molecule has 0 bridgehead atoms. The molecule has 1 aromatic heterocycles. The van der Waals surface area contributed by atoms with Crippen LogP contribution in [0, 0.1) is 11.6 Å². The Morgan fingerprint density at radius 2 is 2.04 bits per heavy atom. The van der Waals surface area contributed by atoms with Gasteiger partial charge in [-0.2, -0.15) is 4.39 Å². The number of rotatable bonds is 3. The third-order valence-electron chi connectivity index (χ3n) is 3.82. The summed E-state index contributed by atoms with van der Waals surface area (Å²) in [5.74, 6) is -5.15. The lowest BCUT2D eigenvalue weighted by atomic mass is 10.1. The Morgan fingerprint density at radius 1 is 1.43 bits per heavy atom. The second-order valence-electron chi connectivity index (χ2n) is 5.20. The Kier molecular flexibility index (Phi) is 3.24. The summed E-state index contributed by atoms with van der Waals surface area (Å²) in [5.41, 5.74) is 2.57. The number of methoxy groups -OCH3 is 1. The minimum Gasteiger partial charge on any atom is -0.491 e. The Morgan fingerprint density at radius 3 is 2.52 bits per heavy atom. The Hall–Kier alpha value is -2.71. The molecule has 1 aromatic carbocycles. The molecule has 1 fully saturated rings. The molecule has 2 atom stereocenters. The van der Waals surface area contributed by atoms with E-state index in [2.05, 4.69) is 0 Å². The predicted molar refractivity (Wildman–Crippen MR) is 74.6 cm³/mol. The largest absolute Gasteiger partial charge is 0.491 e. The van der Waals surface area contributed by atoms with Gasteiger partial charge < -0.3 is 20.1 Å². The van der Waals surface area contributed by atoms with Gasteiger partial charge >= 0.3 is 5.97 Å². The van der Waals surface area contributed by atoms with E-state index in [-0.39, 0.29) is 11.9 Å². The number of nitrogens with zero attached hydrogens (tertiary/aromatic N) is 1. The molecule has 0 spiro atoms. The van der Waals surface area contributed by atoms with Gasteiger partial charge in [0.15, 0.2) is 11.6 Å². The van der Waals surface area contributed by atoms with Gasteiger partial charge in [-0.1, -0.05) is 0 Å². The normalized spacial score (nSPS) is 19.8. The van der Waals surface area contributed by atoms with Crippen LogP contribution in [0.15, 0.2) is 11.0 Å². The summed E-state index contributed by atoms with van der Waals surface area (Å²) in [4.78, 5) is 23.5. The molecule has 3 N–H and O–H groups in total.